The largest absolute Gasteiger partial charge is 0.326 e. The zero-order valence-electron chi connectivity index (χ0n) is 15.5. The minimum absolute atomic E-state index is 0.678. The summed E-state index contributed by atoms with van der Waals surface area (Å²) < 4.78 is 4.19. The highest BCUT2D eigenvalue weighted by Gasteiger charge is 2.11. The minimum Gasteiger partial charge on any atom is -0.326 e. The van der Waals surface area contributed by atoms with E-state index in [1.54, 1.807) is 6.21 Å². The fourth-order valence-electron chi connectivity index (χ4n) is 3.48. The van der Waals surface area contributed by atoms with Gasteiger partial charge in [0.2, 0.25) is 5.95 Å². The van der Waals surface area contributed by atoms with Crippen molar-refractivity contribution in [1.82, 2.24) is 19.1 Å². The van der Waals surface area contributed by atoms with Gasteiger partial charge in [-0.05, 0) is 29.8 Å². The third-order valence-corrected chi connectivity index (χ3v) is 4.94. The average molecular weight is 365 g/mol. The van der Waals surface area contributed by atoms with E-state index in [0.29, 0.717) is 5.95 Å². The van der Waals surface area contributed by atoms with Crippen molar-refractivity contribution in [3.05, 3.63) is 90.3 Å². The Kier molecular flexibility index (Phi) is 3.98. The van der Waals surface area contributed by atoms with E-state index < -0.39 is 0 Å². The lowest BCUT2D eigenvalue weighted by molar-refractivity contribution is 0.826. The molecule has 0 aliphatic heterocycles. The molecule has 0 atom stereocenters. The quantitative estimate of drug-likeness (QED) is 0.433. The molecule has 0 saturated carbocycles. The van der Waals surface area contributed by atoms with Crippen LogP contribution in [0.15, 0.2) is 83.9 Å². The molecule has 5 rings (SSSR count). The lowest BCUT2D eigenvalue weighted by Crippen LogP contribution is -2.00. The second-order valence-electron chi connectivity index (χ2n) is 6.75. The van der Waals surface area contributed by atoms with Crippen LogP contribution in [0.25, 0.3) is 22.1 Å². The van der Waals surface area contributed by atoms with Gasteiger partial charge in [-0.25, -0.2) is 15.0 Å². The maximum absolute atomic E-state index is 4.74. The lowest BCUT2D eigenvalue weighted by Gasteiger charge is -2.06. The van der Waals surface area contributed by atoms with Crippen molar-refractivity contribution in [2.45, 2.75) is 6.54 Å². The first-order valence-electron chi connectivity index (χ1n) is 9.24. The number of hydrogen-bond donors (Lipinski definition) is 0. The summed E-state index contributed by atoms with van der Waals surface area (Å²) in [4.78, 5) is 14.1. The molecule has 0 aliphatic rings. The second-order valence-corrected chi connectivity index (χ2v) is 6.75. The summed E-state index contributed by atoms with van der Waals surface area (Å²) in [5.74, 6) is 1.48. The number of imidazole rings is 2. The molecule has 0 fully saturated rings. The standard InChI is InChI=1S/C23H19N5/c1-27-20-13-7-5-11-18(20)25-22(27)15-24-23-26-19-12-6-8-14-21(19)28(23)16-17-9-3-2-4-10-17/h2-15H,16H2,1H3/b24-15-. The summed E-state index contributed by atoms with van der Waals surface area (Å²) >= 11 is 0. The van der Waals surface area contributed by atoms with Crippen molar-refractivity contribution in [3.63, 3.8) is 0 Å². The van der Waals surface area contributed by atoms with Crippen molar-refractivity contribution >= 4 is 34.2 Å². The van der Waals surface area contributed by atoms with Gasteiger partial charge in [0.15, 0.2) is 5.82 Å². The molecule has 0 N–H and O–H groups in total. The van der Waals surface area contributed by atoms with Crippen molar-refractivity contribution in [1.29, 1.82) is 0 Å². The predicted octanol–water partition coefficient (Wildman–Crippen LogP) is 4.72. The highest BCUT2D eigenvalue weighted by Crippen LogP contribution is 2.23. The van der Waals surface area contributed by atoms with Crippen LogP contribution < -0.4 is 0 Å². The number of fused-ring (bicyclic) bond motifs is 2. The van der Waals surface area contributed by atoms with Gasteiger partial charge in [-0.1, -0.05) is 54.6 Å². The third kappa shape index (κ3) is 2.87. The number of rotatable bonds is 4. The predicted molar refractivity (Wildman–Crippen MR) is 113 cm³/mol. The summed E-state index contributed by atoms with van der Waals surface area (Å²) in [6, 6.07) is 26.6. The molecule has 0 aliphatic carbocycles. The summed E-state index contributed by atoms with van der Waals surface area (Å²) in [6.07, 6.45) is 1.79. The summed E-state index contributed by atoms with van der Waals surface area (Å²) in [5, 5.41) is 0. The molecule has 0 radical (unpaired) electrons. The van der Waals surface area contributed by atoms with Crippen LogP contribution in [0.3, 0.4) is 0 Å². The van der Waals surface area contributed by atoms with Crippen LogP contribution in [0.1, 0.15) is 11.4 Å². The van der Waals surface area contributed by atoms with Gasteiger partial charge in [0, 0.05) is 7.05 Å². The summed E-state index contributed by atoms with van der Waals surface area (Å²) in [7, 11) is 2.00. The van der Waals surface area contributed by atoms with Crippen LogP contribution in [0.4, 0.5) is 5.95 Å². The Bertz CT molecular complexity index is 1290. The van der Waals surface area contributed by atoms with Crippen LogP contribution in [-0.4, -0.2) is 25.3 Å². The molecular formula is C23H19N5. The molecule has 5 heteroatoms. The van der Waals surface area contributed by atoms with Crippen LogP contribution in [0, 0.1) is 0 Å². The number of aryl methyl sites for hydroxylation is 1. The third-order valence-electron chi connectivity index (χ3n) is 4.94. The maximum atomic E-state index is 4.74. The van der Waals surface area contributed by atoms with E-state index >= 15 is 0 Å². The van der Waals surface area contributed by atoms with Crippen LogP contribution in [0.2, 0.25) is 0 Å². The molecular weight excluding hydrogens is 346 g/mol. The molecule has 3 aromatic carbocycles. The number of para-hydroxylation sites is 4. The molecule has 2 aromatic heterocycles. The number of hydrogen-bond acceptors (Lipinski definition) is 3. The molecule has 0 saturated heterocycles. The first-order valence-corrected chi connectivity index (χ1v) is 9.24. The van der Waals surface area contributed by atoms with Gasteiger partial charge in [-0.3, -0.25) is 0 Å². The Morgan fingerprint density at radius 3 is 2.18 bits per heavy atom. The maximum Gasteiger partial charge on any atom is 0.230 e. The number of aliphatic imine (C=N–C) groups is 1. The molecule has 5 aromatic rings. The van der Waals surface area contributed by atoms with Gasteiger partial charge in [-0.15, -0.1) is 0 Å². The fraction of sp³-hybridized carbons (Fsp3) is 0.0870. The van der Waals surface area contributed by atoms with Crippen LogP contribution >= 0.6 is 0 Å². The molecule has 28 heavy (non-hydrogen) atoms. The molecule has 0 spiro atoms. The Balaban J connectivity index is 1.59. The van der Waals surface area contributed by atoms with Crippen LogP contribution in [0.5, 0.6) is 0 Å². The van der Waals surface area contributed by atoms with E-state index in [4.69, 9.17) is 9.98 Å². The number of benzene rings is 3. The van der Waals surface area contributed by atoms with Crippen molar-refractivity contribution < 1.29 is 0 Å². The van der Waals surface area contributed by atoms with E-state index in [9.17, 15) is 0 Å². The molecule has 136 valence electrons. The van der Waals surface area contributed by atoms with Crippen molar-refractivity contribution in [2.75, 3.05) is 0 Å². The van der Waals surface area contributed by atoms with Gasteiger partial charge < -0.3 is 9.13 Å². The van der Waals surface area contributed by atoms with Gasteiger partial charge in [0.05, 0.1) is 34.8 Å². The summed E-state index contributed by atoms with van der Waals surface area (Å²) in [5.41, 5.74) is 5.27. The molecule has 0 unspecified atom stereocenters. The zero-order valence-corrected chi connectivity index (χ0v) is 15.5. The van der Waals surface area contributed by atoms with Gasteiger partial charge in [0.1, 0.15) is 0 Å². The SMILES string of the molecule is Cn1c(/C=N\c2nc3ccccc3n2Cc2ccccc2)nc2ccccc21. The Hall–Kier alpha value is -3.73. The van der Waals surface area contributed by atoms with Gasteiger partial charge in [0.25, 0.3) is 0 Å². The normalized spacial score (nSPS) is 11.8. The molecule has 0 amide bonds. The topological polar surface area (TPSA) is 48.0 Å². The molecule has 5 nitrogen and oxygen atoms in total. The zero-order chi connectivity index (χ0) is 18.9. The Morgan fingerprint density at radius 2 is 1.43 bits per heavy atom. The summed E-state index contributed by atoms with van der Waals surface area (Å²) in [6.45, 7) is 0.719. The second kappa shape index (κ2) is 6.78. The highest BCUT2D eigenvalue weighted by molar-refractivity contribution is 5.86. The van der Waals surface area contributed by atoms with Gasteiger partial charge >= 0.3 is 0 Å². The number of nitrogens with zero attached hydrogens (tertiary/aromatic N) is 5. The van der Waals surface area contributed by atoms with E-state index in [2.05, 4.69) is 45.9 Å². The van der Waals surface area contributed by atoms with Gasteiger partial charge in [-0.2, -0.15) is 0 Å². The van der Waals surface area contributed by atoms with Crippen molar-refractivity contribution in [2.24, 2.45) is 12.0 Å². The fourth-order valence-corrected chi connectivity index (χ4v) is 3.48. The van der Waals surface area contributed by atoms with E-state index in [-0.39, 0.29) is 0 Å². The highest BCUT2D eigenvalue weighted by atomic mass is 15.2. The minimum atomic E-state index is 0.678. The Morgan fingerprint density at radius 1 is 0.786 bits per heavy atom. The molecule has 0 bridgehead atoms. The van der Waals surface area contributed by atoms with E-state index in [1.807, 2.05) is 54.1 Å². The Labute approximate surface area is 162 Å². The first-order chi connectivity index (χ1) is 13.8. The monoisotopic (exact) mass is 365 g/mol. The lowest BCUT2D eigenvalue weighted by atomic mass is 10.2. The average Bonchev–Trinajstić information content (AvgIpc) is 3.25. The molecule has 2 heterocycles. The number of aromatic nitrogens is 4. The van der Waals surface area contributed by atoms with E-state index in [1.165, 1.54) is 5.56 Å². The smallest absolute Gasteiger partial charge is 0.230 e. The van der Waals surface area contributed by atoms with Crippen molar-refractivity contribution in [3.8, 4) is 0 Å². The van der Waals surface area contributed by atoms with E-state index in [0.717, 1.165) is 34.4 Å². The first kappa shape index (κ1) is 16.4. The van der Waals surface area contributed by atoms with Crippen LogP contribution in [-0.2, 0) is 13.6 Å².